The summed E-state index contributed by atoms with van der Waals surface area (Å²) < 4.78 is 5.01. The average Bonchev–Trinajstić information content (AvgIpc) is 3.04. The molecular formula is C14H17N3O3. The monoisotopic (exact) mass is 275 g/mol. The number of hydrogen-bond donors (Lipinski definition) is 2. The Hall–Kier alpha value is -1.95. The zero-order valence-corrected chi connectivity index (χ0v) is 11.3. The number of fused-ring (bicyclic) bond motifs is 1. The minimum absolute atomic E-state index is 0.236. The van der Waals surface area contributed by atoms with Gasteiger partial charge in [0, 0.05) is 12.7 Å². The van der Waals surface area contributed by atoms with Crippen molar-refractivity contribution in [1.82, 2.24) is 15.5 Å². The summed E-state index contributed by atoms with van der Waals surface area (Å²) in [4.78, 5) is 16.2. The number of carbonyl (C=O) groups is 1. The minimum Gasteiger partial charge on any atom is -0.388 e. The van der Waals surface area contributed by atoms with Gasteiger partial charge in [0.15, 0.2) is 0 Å². The number of pyridine rings is 1. The maximum Gasteiger partial charge on any atom is 0.257 e. The van der Waals surface area contributed by atoms with Crippen molar-refractivity contribution in [2.75, 3.05) is 6.54 Å². The molecule has 2 N–H and O–H groups in total. The Balaban J connectivity index is 1.73. The summed E-state index contributed by atoms with van der Waals surface area (Å²) in [5.74, 6) is -0.236. The van der Waals surface area contributed by atoms with Crippen molar-refractivity contribution in [1.29, 1.82) is 0 Å². The number of aryl methyl sites for hydroxylation is 1. The highest BCUT2D eigenvalue weighted by molar-refractivity contribution is 5.96. The van der Waals surface area contributed by atoms with Gasteiger partial charge in [-0.2, -0.15) is 0 Å². The first-order valence-electron chi connectivity index (χ1n) is 6.80. The van der Waals surface area contributed by atoms with Crippen LogP contribution in [-0.2, 0) is 0 Å². The fourth-order valence-corrected chi connectivity index (χ4v) is 2.63. The first kappa shape index (κ1) is 13.1. The molecule has 3 rings (SSSR count). The molecule has 1 saturated carbocycles. The van der Waals surface area contributed by atoms with Crippen LogP contribution >= 0.6 is 0 Å². The van der Waals surface area contributed by atoms with Gasteiger partial charge in [-0.3, -0.25) is 4.79 Å². The largest absolute Gasteiger partial charge is 0.388 e. The number of hydrogen-bond acceptors (Lipinski definition) is 5. The SMILES string of the molecule is Cc1noc2ncc(C(=O)NCC3(O)CCCC3)cc12. The van der Waals surface area contributed by atoms with Gasteiger partial charge in [-0.05, 0) is 25.8 Å². The number of nitrogens with zero attached hydrogens (tertiary/aromatic N) is 2. The van der Waals surface area contributed by atoms with E-state index in [2.05, 4.69) is 15.5 Å². The molecule has 2 heterocycles. The predicted molar refractivity (Wildman–Crippen MR) is 72.3 cm³/mol. The molecule has 2 aromatic rings. The highest BCUT2D eigenvalue weighted by Gasteiger charge is 2.31. The van der Waals surface area contributed by atoms with Gasteiger partial charge in [0.2, 0.25) is 0 Å². The molecule has 0 atom stereocenters. The smallest absolute Gasteiger partial charge is 0.257 e. The third kappa shape index (κ3) is 2.38. The van der Waals surface area contributed by atoms with Crippen LogP contribution in [-0.4, -0.2) is 33.3 Å². The second kappa shape index (κ2) is 4.86. The number of nitrogens with one attached hydrogen (secondary N) is 1. The van der Waals surface area contributed by atoms with Crippen LogP contribution in [0.1, 0.15) is 41.7 Å². The molecule has 0 saturated heterocycles. The van der Waals surface area contributed by atoms with Crippen molar-refractivity contribution in [2.45, 2.75) is 38.2 Å². The lowest BCUT2D eigenvalue weighted by Gasteiger charge is -2.22. The highest BCUT2D eigenvalue weighted by atomic mass is 16.5. The van der Waals surface area contributed by atoms with E-state index < -0.39 is 5.60 Å². The Morgan fingerprint density at radius 3 is 3.00 bits per heavy atom. The van der Waals surface area contributed by atoms with Crippen LogP contribution in [0.4, 0.5) is 0 Å². The van der Waals surface area contributed by atoms with Gasteiger partial charge < -0.3 is 14.9 Å². The molecule has 1 fully saturated rings. The molecule has 0 unspecified atom stereocenters. The van der Waals surface area contributed by atoms with Gasteiger partial charge >= 0.3 is 0 Å². The second-order valence-corrected chi connectivity index (χ2v) is 5.46. The summed E-state index contributed by atoms with van der Waals surface area (Å²) in [5.41, 5.74) is 0.829. The molecule has 6 heteroatoms. The fourth-order valence-electron chi connectivity index (χ4n) is 2.63. The number of aromatic nitrogens is 2. The lowest BCUT2D eigenvalue weighted by molar-refractivity contribution is 0.0449. The molecule has 106 valence electrons. The second-order valence-electron chi connectivity index (χ2n) is 5.46. The van der Waals surface area contributed by atoms with E-state index >= 15 is 0 Å². The van der Waals surface area contributed by atoms with Crippen molar-refractivity contribution in [3.05, 3.63) is 23.5 Å². The molecule has 6 nitrogen and oxygen atoms in total. The van der Waals surface area contributed by atoms with Crippen molar-refractivity contribution >= 4 is 17.0 Å². The van der Waals surface area contributed by atoms with Crippen molar-refractivity contribution in [3.63, 3.8) is 0 Å². The Labute approximate surface area is 116 Å². The molecule has 1 aliphatic carbocycles. The number of carbonyl (C=O) groups excluding carboxylic acids is 1. The van der Waals surface area contributed by atoms with E-state index in [0.717, 1.165) is 31.1 Å². The van der Waals surface area contributed by atoms with Gasteiger partial charge in [0.1, 0.15) is 0 Å². The fraction of sp³-hybridized carbons (Fsp3) is 0.500. The topological polar surface area (TPSA) is 88.2 Å². The summed E-state index contributed by atoms with van der Waals surface area (Å²) in [7, 11) is 0. The summed E-state index contributed by atoms with van der Waals surface area (Å²) in [6.45, 7) is 2.09. The van der Waals surface area contributed by atoms with Gasteiger partial charge in [0.05, 0.1) is 22.2 Å². The van der Waals surface area contributed by atoms with Crippen molar-refractivity contribution in [3.8, 4) is 0 Å². The number of aliphatic hydroxyl groups is 1. The Bertz CT molecular complexity index is 644. The first-order valence-corrected chi connectivity index (χ1v) is 6.80. The molecule has 2 aromatic heterocycles. The molecule has 20 heavy (non-hydrogen) atoms. The van der Waals surface area contributed by atoms with E-state index in [9.17, 15) is 9.90 Å². The number of amides is 1. The van der Waals surface area contributed by atoms with Crippen LogP contribution in [0.25, 0.3) is 11.1 Å². The minimum atomic E-state index is -0.750. The van der Waals surface area contributed by atoms with Crippen LogP contribution in [0.5, 0.6) is 0 Å². The number of rotatable bonds is 3. The van der Waals surface area contributed by atoms with Gasteiger partial charge in [-0.1, -0.05) is 18.0 Å². The zero-order chi connectivity index (χ0) is 14.2. The van der Waals surface area contributed by atoms with Crippen LogP contribution in [0.2, 0.25) is 0 Å². The standard InChI is InChI=1S/C14H17N3O3/c1-9-11-6-10(7-15-13(11)20-17-9)12(18)16-8-14(19)4-2-3-5-14/h6-7,19H,2-5,8H2,1H3,(H,16,18). The molecule has 0 aliphatic heterocycles. The summed E-state index contributed by atoms with van der Waals surface area (Å²) in [5, 5.41) is 17.5. The van der Waals surface area contributed by atoms with Gasteiger partial charge in [-0.25, -0.2) is 4.98 Å². The molecule has 0 bridgehead atoms. The van der Waals surface area contributed by atoms with Crippen molar-refractivity contribution < 1.29 is 14.4 Å². The predicted octanol–water partition coefficient (Wildman–Crippen LogP) is 1.57. The van der Waals surface area contributed by atoms with E-state index in [-0.39, 0.29) is 12.5 Å². The Morgan fingerprint density at radius 1 is 1.50 bits per heavy atom. The molecule has 0 spiro atoms. The zero-order valence-electron chi connectivity index (χ0n) is 11.3. The molecular weight excluding hydrogens is 258 g/mol. The maximum absolute atomic E-state index is 12.1. The van der Waals surface area contributed by atoms with E-state index in [1.54, 1.807) is 13.0 Å². The summed E-state index contributed by atoms with van der Waals surface area (Å²) >= 11 is 0. The normalized spacial score (nSPS) is 17.5. The highest BCUT2D eigenvalue weighted by Crippen LogP contribution is 2.28. The van der Waals surface area contributed by atoms with Gasteiger partial charge in [0.25, 0.3) is 11.6 Å². The first-order chi connectivity index (χ1) is 9.57. The van der Waals surface area contributed by atoms with Crippen LogP contribution in [0.3, 0.4) is 0 Å². The third-order valence-electron chi connectivity index (χ3n) is 3.88. The quantitative estimate of drug-likeness (QED) is 0.887. The Morgan fingerprint density at radius 2 is 2.25 bits per heavy atom. The molecule has 0 aromatic carbocycles. The lowest BCUT2D eigenvalue weighted by Crippen LogP contribution is -2.40. The average molecular weight is 275 g/mol. The third-order valence-corrected chi connectivity index (χ3v) is 3.88. The van der Waals surface area contributed by atoms with E-state index in [1.807, 2.05) is 0 Å². The van der Waals surface area contributed by atoms with Crippen molar-refractivity contribution in [2.24, 2.45) is 0 Å². The lowest BCUT2D eigenvalue weighted by atomic mass is 10.0. The van der Waals surface area contributed by atoms with E-state index in [4.69, 9.17) is 4.52 Å². The molecule has 0 radical (unpaired) electrons. The molecule has 1 amide bonds. The Kier molecular flexibility index (Phi) is 3.17. The summed E-state index contributed by atoms with van der Waals surface area (Å²) in [6, 6.07) is 1.71. The van der Waals surface area contributed by atoms with Crippen LogP contribution < -0.4 is 5.32 Å². The van der Waals surface area contributed by atoms with Gasteiger partial charge in [-0.15, -0.1) is 0 Å². The van der Waals surface area contributed by atoms with Crippen LogP contribution in [0, 0.1) is 6.92 Å². The molecule has 1 aliphatic rings. The van der Waals surface area contributed by atoms with Crippen LogP contribution in [0.15, 0.2) is 16.8 Å². The summed E-state index contributed by atoms with van der Waals surface area (Å²) in [6.07, 6.45) is 4.98. The van der Waals surface area contributed by atoms with E-state index in [0.29, 0.717) is 17.0 Å². The van der Waals surface area contributed by atoms with E-state index in [1.165, 1.54) is 6.20 Å². The maximum atomic E-state index is 12.1.